The van der Waals surface area contributed by atoms with Gasteiger partial charge in [0.05, 0.1) is 11.9 Å². The van der Waals surface area contributed by atoms with E-state index in [1.807, 2.05) is 23.2 Å². The Bertz CT molecular complexity index is 625. The number of carboxylic acids is 1. The Balaban J connectivity index is 2.01. The van der Waals surface area contributed by atoms with Gasteiger partial charge in [0.1, 0.15) is 0 Å². The van der Waals surface area contributed by atoms with E-state index in [0.29, 0.717) is 0 Å². The van der Waals surface area contributed by atoms with Gasteiger partial charge in [0, 0.05) is 11.0 Å². The van der Waals surface area contributed by atoms with Crippen LogP contribution in [0, 0.1) is 0 Å². The number of halogens is 1. The topological polar surface area (TPSA) is 71.2 Å². The summed E-state index contributed by atoms with van der Waals surface area (Å²) in [7, 11) is 0. The van der Waals surface area contributed by atoms with E-state index in [4.69, 9.17) is 5.11 Å². The fourth-order valence-electron chi connectivity index (χ4n) is 2.06. The summed E-state index contributed by atoms with van der Waals surface area (Å²) in [4.78, 5) is 12.3. The van der Waals surface area contributed by atoms with Crippen LogP contribution in [0.2, 0.25) is 0 Å². The van der Waals surface area contributed by atoms with Crippen molar-refractivity contribution in [3.8, 4) is 0 Å². The molecule has 18 heavy (non-hydrogen) atoms. The average Bonchev–Trinajstić information content (AvgIpc) is 2.94. The number of hydrogen-bond donors (Lipinski definition) is 1. The summed E-state index contributed by atoms with van der Waals surface area (Å²) in [6.07, 6.45) is 2.30. The number of carbonyl (C=O) groups is 1. The van der Waals surface area contributed by atoms with Crippen molar-refractivity contribution in [2.24, 2.45) is 0 Å². The fraction of sp³-hybridized carbons (Fsp3) is 0.182. The van der Waals surface area contributed by atoms with Gasteiger partial charge in [0.2, 0.25) is 0 Å². The monoisotopic (exact) mass is 308 g/mol. The number of nitrogens with zero attached hydrogens (tertiary/aromatic N) is 4. The number of hydrogen-bond acceptors (Lipinski definition) is 4. The van der Waals surface area contributed by atoms with Gasteiger partial charge in [-0.25, -0.2) is 4.79 Å². The normalized spacial score (nSPS) is 13.7. The highest BCUT2D eigenvalue weighted by Gasteiger charge is 2.23. The molecule has 0 aliphatic carbocycles. The third-order valence-corrected chi connectivity index (χ3v) is 3.64. The molecule has 3 rings (SSSR count). The molecule has 2 heterocycles. The van der Waals surface area contributed by atoms with Gasteiger partial charge in [-0.2, -0.15) is 4.79 Å². The van der Waals surface area contributed by atoms with Crippen molar-refractivity contribution in [1.82, 2.24) is 15.1 Å². The molecule has 1 aromatic heterocycles. The largest absolute Gasteiger partial charge is 0.476 e. The molecule has 0 saturated carbocycles. The maximum absolute atomic E-state index is 10.8. The van der Waals surface area contributed by atoms with Crippen LogP contribution in [-0.4, -0.2) is 32.7 Å². The van der Waals surface area contributed by atoms with Crippen LogP contribution >= 0.6 is 15.9 Å². The van der Waals surface area contributed by atoms with Gasteiger partial charge in [0.15, 0.2) is 5.69 Å². The molecule has 7 heteroatoms. The minimum Gasteiger partial charge on any atom is -0.476 e. The average molecular weight is 309 g/mol. The molecule has 1 N–H and O–H groups in total. The van der Waals surface area contributed by atoms with E-state index in [1.54, 1.807) is 0 Å². The Hall–Kier alpha value is -1.89. The van der Waals surface area contributed by atoms with Gasteiger partial charge in [0.25, 0.3) is 0 Å². The molecule has 0 amide bonds. The van der Waals surface area contributed by atoms with E-state index in [-0.39, 0.29) is 5.69 Å². The molecule has 0 bridgehead atoms. The highest BCUT2D eigenvalue weighted by molar-refractivity contribution is 9.10. The van der Waals surface area contributed by atoms with Gasteiger partial charge < -0.3 is 5.11 Å². The molecule has 2 aromatic rings. The summed E-state index contributed by atoms with van der Waals surface area (Å²) in [5, 5.41) is 18.2. The molecule has 0 radical (unpaired) electrons. The van der Waals surface area contributed by atoms with Crippen LogP contribution in [0.5, 0.6) is 0 Å². The zero-order valence-corrected chi connectivity index (χ0v) is 10.8. The Kier molecular flexibility index (Phi) is 2.55. The summed E-state index contributed by atoms with van der Waals surface area (Å²) >= 11 is 3.51. The number of carboxylic acid groups (broad SMARTS) is 1. The molecule has 92 valence electrons. The summed E-state index contributed by atoms with van der Waals surface area (Å²) in [6, 6.07) is 5.91. The lowest BCUT2D eigenvalue weighted by Gasteiger charge is -2.17. The van der Waals surface area contributed by atoms with Crippen LogP contribution in [0.4, 0.5) is 5.69 Å². The zero-order chi connectivity index (χ0) is 12.7. The molecule has 0 atom stereocenters. The number of fused-ring (bicyclic) bond motifs is 1. The lowest BCUT2D eigenvalue weighted by Crippen LogP contribution is -2.27. The van der Waals surface area contributed by atoms with Crippen molar-refractivity contribution < 1.29 is 9.90 Å². The first-order valence-electron chi connectivity index (χ1n) is 5.37. The Morgan fingerprint density at radius 1 is 1.44 bits per heavy atom. The minimum atomic E-state index is -1.07. The molecule has 0 unspecified atom stereocenters. The van der Waals surface area contributed by atoms with Crippen LogP contribution in [0.3, 0.4) is 0 Å². The standard InChI is InChI=1S/C11H9BrN4O2/c12-8-2-1-3-10-7(8)4-5-15(10)16-6-9(11(17)18)13-14-16/h1-3,6H,4-5H2,(H,17,18). The van der Waals surface area contributed by atoms with Gasteiger partial charge >= 0.3 is 5.97 Å². The first-order chi connectivity index (χ1) is 8.66. The Morgan fingerprint density at radius 2 is 2.28 bits per heavy atom. The zero-order valence-electron chi connectivity index (χ0n) is 9.25. The second-order valence-electron chi connectivity index (χ2n) is 3.94. The first-order valence-corrected chi connectivity index (χ1v) is 6.17. The van der Waals surface area contributed by atoms with Gasteiger partial charge in [-0.15, -0.1) is 5.10 Å². The number of benzene rings is 1. The van der Waals surface area contributed by atoms with Crippen molar-refractivity contribution >= 4 is 27.6 Å². The molecular weight excluding hydrogens is 300 g/mol. The molecule has 1 aliphatic rings. The van der Waals surface area contributed by atoms with E-state index in [0.717, 1.165) is 23.1 Å². The van der Waals surface area contributed by atoms with E-state index in [1.165, 1.54) is 16.6 Å². The van der Waals surface area contributed by atoms with Crippen molar-refractivity contribution in [2.75, 3.05) is 11.6 Å². The van der Waals surface area contributed by atoms with Crippen LogP contribution in [0.25, 0.3) is 0 Å². The quantitative estimate of drug-likeness (QED) is 0.911. The fourth-order valence-corrected chi connectivity index (χ4v) is 2.61. The molecule has 6 nitrogen and oxygen atoms in total. The molecule has 0 fully saturated rings. The third kappa shape index (κ3) is 1.67. The number of rotatable bonds is 2. The van der Waals surface area contributed by atoms with Crippen LogP contribution in [0.1, 0.15) is 16.1 Å². The lowest BCUT2D eigenvalue weighted by atomic mass is 10.2. The van der Waals surface area contributed by atoms with Crippen LogP contribution in [-0.2, 0) is 6.42 Å². The summed E-state index contributed by atoms with van der Waals surface area (Å²) in [6.45, 7) is 0.750. The summed E-state index contributed by atoms with van der Waals surface area (Å²) in [5.41, 5.74) is 2.16. The Morgan fingerprint density at radius 3 is 3.00 bits per heavy atom. The third-order valence-electron chi connectivity index (χ3n) is 2.89. The van der Waals surface area contributed by atoms with Gasteiger partial charge in [-0.3, -0.25) is 5.01 Å². The van der Waals surface area contributed by atoms with E-state index in [2.05, 4.69) is 26.2 Å². The number of aromatic nitrogens is 3. The number of aromatic carboxylic acids is 1. The smallest absolute Gasteiger partial charge is 0.358 e. The highest BCUT2D eigenvalue weighted by atomic mass is 79.9. The second-order valence-corrected chi connectivity index (χ2v) is 4.79. The van der Waals surface area contributed by atoms with Gasteiger partial charge in [-0.1, -0.05) is 22.0 Å². The summed E-state index contributed by atoms with van der Waals surface area (Å²) < 4.78 is 1.06. The predicted octanol–water partition coefficient (Wildman–Crippen LogP) is 1.56. The van der Waals surface area contributed by atoms with Crippen LogP contribution < -0.4 is 5.01 Å². The predicted molar refractivity (Wildman–Crippen MR) is 67.6 cm³/mol. The minimum absolute atomic E-state index is 0.0570. The van der Waals surface area contributed by atoms with Crippen molar-refractivity contribution in [1.29, 1.82) is 0 Å². The van der Waals surface area contributed by atoms with E-state index >= 15 is 0 Å². The highest BCUT2D eigenvalue weighted by Crippen LogP contribution is 2.33. The molecule has 1 aliphatic heterocycles. The van der Waals surface area contributed by atoms with E-state index < -0.39 is 5.97 Å². The SMILES string of the molecule is O=C(O)c1cn(N2CCc3c(Br)cccc32)nn1. The van der Waals surface area contributed by atoms with Crippen LogP contribution in [0.15, 0.2) is 28.9 Å². The maximum atomic E-state index is 10.8. The molecule has 0 saturated heterocycles. The second kappa shape index (κ2) is 4.09. The summed E-state index contributed by atoms with van der Waals surface area (Å²) in [5.74, 6) is -1.07. The van der Waals surface area contributed by atoms with Gasteiger partial charge in [-0.05, 0) is 29.3 Å². The Labute approximate surface area is 111 Å². The van der Waals surface area contributed by atoms with Crippen molar-refractivity contribution in [2.45, 2.75) is 6.42 Å². The molecule has 0 spiro atoms. The number of anilines is 1. The van der Waals surface area contributed by atoms with E-state index in [9.17, 15) is 4.79 Å². The van der Waals surface area contributed by atoms with Crippen molar-refractivity contribution in [3.63, 3.8) is 0 Å². The molecular formula is C11H9BrN4O2. The molecule has 1 aromatic carbocycles. The van der Waals surface area contributed by atoms with Crippen molar-refractivity contribution in [3.05, 3.63) is 40.1 Å². The first kappa shape index (κ1) is 11.2. The lowest BCUT2D eigenvalue weighted by molar-refractivity contribution is 0.0690. The maximum Gasteiger partial charge on any atom is 0.358 e.